The van der Waals surface area contributed by atoms with Crippen LogP contribution in [0.15, 0.2) is 42.5 Å². The summed E-state index contributed by atoms with van der Waals surface area (Å²) in [5.41, 5.74) is 3.50. The van der Waals surface area contributed by atoms with E-state index in [0.29, 0.717) is 43.1 Å². The number of halogens is 1. The van der Waals surface area contributed by atoms with Gasteiger partial charge in [0, 0.05) is 49.4 Å². The lowest BCUT2D eigenvalue weighted by Gasteiger charge is -2.26. The van der Waals surface area contributed by atoms with E-state index in [1.165, 1.54) is 6.07 Å². The number of hydrogen-bond donors (Lipinski definition) is 0. The summed E-state index contributed by atoms with van der Waals surface area (Å²) < 4.78 is 24.7. The van der Waals surface area contributed by atoms with Gasteiger partial charge in [0.25, 0.3) is 5.91 Å². The number of carbonyl (C=O) groups is 1. The third-order valence-electron chi connectivity index (χ3n) is 6.49. The van der Waals surface area contributed by atoms with Crippen molar-refractivity contribution >= 4 is 11.7 Å². The Morgan fingerprint density at radius 2 is 1.89 bits per heavy atom. The second-order valence-electron chi connectivity index (χ2n) is 8.88. The molecule has 0 spiro atoms. The van der Waals surface area contributed by atoms with Crippen LogP contribution in [0.5, 0.6) is 11.5 Å². The number of fused-ring (bicyclic) bond motifs is 1. The van der Waals surface area contributed by atoms with Gasteiger partial charge in [-0.25, -0.2) is 14.4 Å². The Balaban J connectivity index is 1.38. The first-order valence-corrected chi connectivity index (χ1v) is 12.1. The van der Waals surface area contributed by atoms with Crippen molar-refractivity contribution < 1.29 is 18.7 Å². The highest BCUT2D eigenvalue weighted by molar-refractivity contribution is 5.95. The summed E-state index contributed by atoms with van der Waals surface area (Å²) in [6.45, 7) is 6.84. The molecule has 1 fully saturated rings. The predicted molar refractivity (Wildman–Crippen MR) is 131 cm³/mol. The van der Waals surface area contributed by atoms with Crippen LogP contribution >= 0.6 is 0 Å². The van der Waals surface area contributed by atoms with Crippen LogP contribution in [0, 0.1) is 12.7 Å². The number of aromatic nitrogens is 2. The Kier molecular flexibility index (Phi) is 6.53. The first kappa shape index (κ1) is 23.1. The molecule has 0 bridgehead atoms. The highest BCUT2D eigenvalue weighted by Gasteiger charge is 2.25. The van der Waals surface area contributed by atoms with E-state index in [2.05, 4.69) is 16.8 Å². The Hall–Kier alpha value is -3.68. The number of rotatable bonds is 5. The molecule has 7 nitrogen and oxygen atoms in total. The molecule has 8 heteroatoms. The minimum Gasteiger partial charge on any atom is -0.454 e. The molecule has 0 unspecified atom stereocenters. The van der Waals surface area contributed by atoms with Gasteiger partial charge in [-0.15, -0.1) is 0 Å². The second kappa shape index (κ2) is 9.90. The van der Waals surface area contributed by atoms with E-state index in [1.54, 1.807) is 30.3 Å². The van der Waals surface area contributed by atoms with Crippen LogP contribution in [0.4, 0.5) is 10.2 Å². The maximum Gasteiger partial charge on any atom is 0.254 e. The lowest BCUT2D eigenvalue weighted by molar-refractivity contribution is 0.0766. The van der Waals surface area contributed by atoms with Crippen LogP contribution in [0.3, 0.4) is 0 Å². The van der Waals surface area contributed by atoms with E-state index in [4.69, 9.17) is 14.5 Å². The van der Waals surface area contributed by atoms with Crippen molar-refractivity contribution in [2.45, 2.75) is 33.1 Å². The van der Waals surface area contributed by atoms with Gasteiger partial charge in [-0.2, -0.15) is 0 Å². The average Bonchev–Trinajstić information content (AvgIpc) is 3.19. The van der Waals surface area contributed by atoms with E-state index >= 15 is 0 Å². The van der Waals surface area contributed by atoms with Crippen molar-refractivity contribution in [3.63, 3.8) is 0 Å². The van der Waals surface area contributed by atoms with Crippen molar-refractivity contribution in [1.82, 2.24) is 14.9 Å². The largest absolute Gasteiger partial charge is 0.454 e. The van der Waals surface area contributed by atoms with Crippen LogP contribution in [0.2, 0.25) is 0 Å². The van der Waals surface area contributed by atoms with Gasteiger partial charge in [0.05, 0.1) is 0 Å². The number of nitrogens with zero attached hydrogens (tertiary/aromatic N) is 4. The fourth-order valence-electron chi connectivity index (χ4n) is 4.77. The predicted octanol–water partition coefficient (Wildman–Crippen LogP) is 4.16. The number of benzene rings is 2. The third-order valence-corrected chi connectivity index (χ3v) is 6.49. The van der Waals surface area contributed by atoms with Gasteiger partial charge in [0.2, 0.25) is 6.79 Å². The van der Waals surface area contributed by atoms with Crippen LogP contribution in [-0.2, 0) is 12.8 Å². The Morgan fingerprint density at radius 3 is 2.71 bits per heavy atom. The van der Waals surface area contributed by atoms with E-state index in [-0.39, 0.29) is 18.5 Å². The molecule has 1 saturated heterocycles. The summed E-state index contributed by atoms with van der Waals surface area (Å²) in [4.78, 5) is 26.9. The molecule has 0 radical (unpaired) electrons. The maximum atomic E-state index is 13.9. The molecule has 0 saturated carbocycles. The van der Waals surface area contributed by atoms with Crippen molar-refractivity contribution in [3.05, 3.63) is 76.5 Å². The first-order valence-electron chi connectivity index (χ1n) is 12.1. The molecule has 182 valence electrons. The van der Waals surface area contributed by atoms with Gasteiger partial charge in [-0.3, -0.25) is 4.79 Å². The van der Waals surface area contributed by atoms with Crippen LogP contribution in [0.25, 0.3) is 0 Å². The van der Waals surface area contributed by atoms with Gasteiger partial charge in [-0.05, 0) is 55.7 Å². The Bertz CT molecular complexity index is 1250. The molecule has 1 aromatic heterocycles. The zero-order valence-corrected chi connectivity index (χ0v) is 20.1. The van der Waals surface area contributed by atoms with Gasteiger partial charge in [0.1, 0.15) is 17.5 Å². The average molecular weight is 477 g/mol. The highest BCUT2D eigenvalue weighted by atomic mass is 19.1. The zero-order chi connectivity index (χ0) is 24.4. The van der Waals surface area contributed by atoms with Crippen molar-refractivity contribution in [2.75, 3.05) is 37.9 Å². The smallest absolute Gasteiger partial charge is 0.254 e. The molecule has 3 heterocycles. The SMILES string of the molecule is CCc1nc(C)nc(N2CCCN(C(=O)c3ccc4c(c3)OCO4)CC2)c1Cc1cccc(F)c1. The fraction of sp³-hybridized carbons (Fsp3) is 0.370. The molecule has 2 aliphatic heterocycles. The minimum absolute atomic E-state index is 0.0155. The molecule has 0 aliphatic carbocycles. The maximum absolute atomic E-state index is 13.9. The Morgan fingerprint density at radius 1 is 1.03 bits per heavy atom. The third kappa shape index (κ3) is 4.92. The summed E-state index contributed by atoms with van der Waals surface area (Å²) in [6, 6.07) is 12.0. The zero-order valence-electron chi connectivity index (χ0n) is 20.1. The van der Waals surface area contributed by atoms with E-state index in [9.17, 15) is 9.18 Å². The van der Waals surface area contributed by atoms with Crippen LogP contribution < -0.4 is 14.4 Å². The minimum atomic E-state index is -0.248. The molecular formula is C27H29FN4O3. The molecule has 2 aromatic carbocycles. The van der Waals surface area contributed by atoms with Crippen LogP contribution in [0.1, 0.15) is 46.3 Å². The van der Waals surface area contributed by atoms with Crippen LogP contribution in [-0.4, -0.2) is 53.7 Å². The number of ether oxygens (including phenoxy) is 2. The lowest BCUT2D eigenvalue weighted by atomic mass is 10.0. The highest BCUT2D eigenvalue weighted by Crippen LogP contribution is 2.33. The van der Waals surface area contributed by atoms with Gasteiger partial charge in [0.15, 0.2) is 11.5 Å². The molecule has 0 N–H and O–H groups in total. The molecule has 35 heavy (non-hydrogen) atoms. The molecule has 5 rings (SSSR count). The van der Waals surface area contributed by atoms with E-state index in [1.807, 2.05) is 17.9 Å². The van der Waals surface area contributed by atoms with Gasteiger partial charge < -0.3 is 19.3 Å². The van der Waals surface area contributed by atoms with Gasteiger partial charge in [-0.1, -0.05) is 19.1 Å². The molecular weight excluding hydrogens is 447 g/mol. The Labute approximate surface area is 204 Å². The fourth-order valence-corrected chi connectivity index (χ4v) is 4.77. The summed E-state index contributed by atoms with van der Waals surface area (Å²) in [5, 5.41) is 0. The monoisotopic (exact) mass is 476 g/mol. The van der Waals surface area contributed by atoms with E-state index in [0.717, 1.165) is 47.8 Å². The normalized spacial score (nSPS) is 15.3. The molecule has 0 atom stereocenters. The standard InChI is InChI=1S/C27H29FN4O3/c1-3-23-22(15-19-6-4-7-21(28)14-19)26(30-18(2)29-23)31-10-5-11-32(13-12-31)27(33)20-8-9-24-25(16-20)35-17-34-24/h4,6-9,14,16H,3,5,10-13,15,17H2,1-2H3. The molecule has 3 aromatic rings. The van der Waals surface area contributed by atoms with Crippen molar-refractivity contribution in [1.29, 1.82) is 0 Å². The summed E-state index contributed by atoms with van der Waals surface area (Å²) >= 11 is 0. The molecule has 2 aliphatic rings. The quantitative estimate of drug-likeness (QED) is 0.551. The number of hydrogen-bond acceptors (Lipinski definition) is 6. The molecule has 1 amide bonds. The topological polar surface area (TPSA) is 67.8 Å². The van der Waals surface area contributed by atoms with Crippen molar-refractivity contribution in [2.24, 2.45) is 0 Å². The number of anilines is 1. The number of aryl methyl sites for hydroxylation is 2. The number of carbonyl (C=O) groups excluding carboxylic acids is 1. The van der Waals surface area contributed by atoms with E-state index < -0.39 is 0 Å². The van der Waals surface area contributed by atoms with Crippen molar-refractivity contribution in [3.8, 4) is 11.5 Å². The lowest BCUT2D eigenvalue weighted by Crippen LogP contribution is -2.35. The second-order valence-corrected chi connectivity index (χ2v) is 8.88. The summed E-state index contributed by atoms with van der Waals surface area (Å²) in [6.07, 6.45) is 2.15. The summed E-state index contributed by atoms with van der Waals surface area (Å²) in [5.74, 6) is 2.62. The summed E-state index contributed by atoms with van der Waals surface area (Å²) in [7, 11) is 0. The first-order chi connectivity index (χ1) is 17.0. The van der Waals surface area contributed by atoms with Gasteiger partial charge >= 0.3 is 0 Å². The number of amides is 1.